The van der Waals surface area contributed by atoms with Crippen molar-refractivity contribution in [1.82, 2.24) is 4.90 Å². The fourth-order valence-corrected chi connectivity index (χ4v) is 4.99. The molecule has 2 saturated carbocycles. The van der Waals surface area contributed by atoms with Gasteiger partial charge >= 0.3 is 0 Å². The first-order valence-corrected chi connectivity index (χ1v) is 8.58. The number of nitrogens with two attached hydrogens (primary N) is 1. The van der Waals surface area contributed by atoms with E-state index in [0.29, 0.717) is 18.4 Å². The van der Waals surface area contributed by atoms with Crippen LogP contribution >= 0.6 is 35.3 Å². The lowest BCUT2D eigenvalue weighted by Gasteiger charge is -2.32. The number of hydrogen-bond donors (Lipinski definition) is 1. The molecule has 2 aliphatic carbocycles. The molecule has 2 bridgehead atoms. The van der Waals surface area contributed by atoms with Crippen molar-refractivity contribution in [1.29, 1.82) is 0 Å². The maximum Gasteiger partial charge on any atom is 0.227 e. The Kier molecular flexibility index (Phi) is 5.58. The number of rotatable bonds is 4. The van der Waals surface area contributed by atoms with E-state index in [1.165, 1.54) is 12.8 Å². The molecule has 0 aliphatic heterocycles. The van der Waals surface area contributed by atoms with Gasteiger partial charge in [0, 0.05) is 17.5 Å². The third-order valence-corrected chi connectivity index (χ3v) is 6.15. The Hall–Kier alpha value is -0.290. The van der Waals surface area contributed by atoms with Crippen molar-refractivity contribution in [3.05, 3.63) is 21.3 Å². The van der Waals surface area contributed by atoms with Gasteiger partial charge in [-0.3, -0.25) is 4.79 Å². The highest BCUT2D eigenvalue weighted by Crippen LogP contribution is 2.48. The van der Waals surface area contributed by atoms with Crippen molar-refractivity contribution in [3.63, 3.8) is 0 Å². The Morgan fingerprint density at radius 3 is 2.67 bits per heavy atom. The molecular formula is C15H22Cl2N2OS. The molecule has 1 amide bonds. The summed E-state index contributed by atoms with van der Waals surface area (Å²) in [6.07, 6.45) is 3.54. The first-order valence-electron chi connectivity index (χ1n) is 7.38. The van der Waals surface area contributed by atoms with Crippen LogP contribution in [0.2, 0.25) is 4.34 Å². The third kappa shape index (κ3) is 3.24. The van der Waals surface area contributed by atoms with Crippen LogP contribution in [0.5, 0.6) is 0 Å². The summed E-state index contributed by atoms with van der Waals surface area (Å²) < 4.78 is 0.778. The van der Waals surface area contributed by atoms with Gasteiger partial charge < -0.3 is 10.6 Å². The molecule has 1 aromatic rings. The molecule has 118 valence electrons. The van der Waals surface area contributed by atoms with E-state index < -0.39 is 0 Å². The zero-order chi connectivity index (χ0) is 14.3. The molecule has 1 aromatic heterocycles. The fourth-order valence-electron chi connectivity index (χ4n) is 3.88. The Morgan fingerprint density at radius 1 is 1.43 bits per heavy atom. The van der Waals surface area contributed by atoms with Gasteiger partial charge in [0.05, 0.1) is 16.8 Å². The van der Waals surface area contributed by atoms with Crippen molar-refractivity contribution >= 4 is 41.3 Å². The minimum absolute atomic E-state index is 0. The Labute approximate surface area is 141 Å². The second kappa shape index (κ2) is 6.86. The first-order chi connectivity index (χ1) is 9.60. The summed E-state index contributed by atoms with van der Waals surface area (Å²) in [6, 6.07) is 3.97. The predicted octanol–water partition coefficient (Wildman–Crippen LogP) is 3.55. The van der Waals surface area contributed by atoms with Gasteiger partial charge in [-0.1, -0.05) is 11.6 Å². The summed E-state index contributed by atoms with van der Waals surface area (Å²) in [5.41, 5.74) is 6.29. The van der Waals surface area contributed by atoms with Crippen molar-refractivity contribution < 1.29 is 4.79 Å². The van der Waals surface area contributed by atoms with E-state index in [0.717, 1.165) is 22.2 Å². The quantitative estimate of drug-likeness (QED) is 0.904. The minimum Gasteiger partial charge on any atom is -0.338 e. The molecule has 2 aliphatic rings. The first kappa shape index (κ1) is 17.1. The number of hydrogen-bond acceptors (Lipinski definition) is 3. The maximum atomic E-state index is 12.8. The molecular weight excluding hydrogens is 327 g/mol. The molecule has 2 N–H and O–H groups in total. The molecule has 6 heteroatoms. The van der Waals surface area contributed by atoms with Crippen LogP contribution in [-0.2, 0) is 11.3 Å². The molecule has 4 unspecified atom stereocenters. The summed E-state index contributed by atoms with van der Waals surface area (Å²) in [7, 11) is 0. The lowest BCUT2D eigenvalue weighted by molar-refractivity contribution is -0.138. The normalized spacial score (nSPS) is 30.2. The predicted molar refractivity (Wildman–Crippen MR) is 90.0 cm³/mol. The van der Waals surface area contributed by atoms with Crippen molar-refractivity contribution in [2.45, 2.75) is 38.8 Å². The van der Waals surface area contributed by atoms with E-state index in [-0.39, 0.29) is 30.3 Å². The molecule has 0 saturated heterocycles. The molecule has 21 heavy (non-hydrogen) atoms. The fraction of sp³-hybridized carbons (Fsp3) is 0.667. The van der Waals surface area contributed by atoms with E-state index in [2.05, 4.69) is 0 Å². The zero-order valence-corrected chi connectivity index (χ0v) is 14.5. The number of carbonyl (C=O) groups excluding carboxylic acids is 1. The number of halogens is 2. The second-order valence-electron chi connectivity index (χ2n) is 5.99. The van der Waals surface area contributed by atoms with Crippen LogP contribution in [-0.4, -0.2) is 23.4 Å². The number of carbonyl (C=O) groups is 1. The van der Waals surface area contributed by atoms with Crippen LogP contribution in [0, 0.1) is 17.8 Å². The van der Waals surface area contributed by atoms with Crippen LogP contribution in [0.25, 0.3) is 0 Å². The van der Waals surface area contributed by atoms with E-state index in [1.54, 1.807) is 11.3 Å². The summed E-state index contributed by atoms with van der Waals surface area (Å²) in [4.78, 5) is 15.9. The minimum atomic E-state index is 0. The lowest BCUT2D eigenvalue weighted by atomic mass is 9.84. The van der Waals surface area contributed by atoms with E-state index in [4.69, 9.17) is 17.3 Å². The standard InChI is InChI=1S/C15H21ClN2OS.ClH/c1-2-18(8-11-5-6-12(16)20-11)15(19)13-9-3-4-10(7-9)14(13)17;/h5-6,9-10,13-14H,2-4,7-8,17H2,1H3;1H. The average Bonchev–Trinajstić information content (AvgIpc) is 3.11. The summed E-state index contributed by atoms with van der Waals surface area (Å²) in [6.45, 7) is 3.42. The molecule has 0 spiro atoms. The van der Waals surface area contributed by atoms with Crippen molar-refractivity contribution in [2.24, 2.45) is 23.5 Å². The van der Waals surface area contributed by atoms with Gasteiger partial charge in [0.25, 0.3) is 0 Å². The van der Waals surface area contributed by atoms with E-state index in [9.17, 15) is 4.79 Å². The van der Waals surface area contributed by atoms with E-state index >= 15 is 0 Å². The monoisotopic (exact) mass is 348 g/mol. The SMILES string of the molecule is CCN(Cc1ccc(Cl)s1)C(=O)C1C2CCC(C2)C1N.Cl. The van der Waals surface area contributed by atoms with Gasteiger partial charge in [-0.2, -0.15) is 0 Å². The van der Waals surface area contributed by atoms with Crippen LogP contribution in [0.15, 0.2) is 12.1 Å². The van der Waals surface area contributed by atoms with Crippen molar-refractivity contribution in [2.75, 3.05) is 6.54 Å². The Morgan fingerprint density at radius 2 is 2.14 bits per heavy atom. The van der Waals surface area contributed by atoms with Crippen molar-refractivity contribution in [3.8, 4) is 0 Å². The van der Waals surface area contributed by atoms with Gasteiger partial charge in [0.15, 0.2) is 0 Å². The second-order valence-corrected chi connectivity index (χ2v) is 7.79. The van der Waals surface area contributed by atoms with Gasteiger partial charge in [-0.05, 0) is 50.2 Å². The average molecular weight is 349 g/mol. The van der Waals surface area contributed by atoms with Crippen LogP contribution in [0.4, 0.5) is 0 Å². The summed E-state index contributed by atoms with van der Waals surface area (Å²) in [5.74, 6) is 1.38. The molecule has 0 radical (unpaired) electrons. The highest BCUT2D eigenvalue weighted by Gasteiger charge is 2.49. The third-order valence-electron chi connectivity index (χ3n) is 4.93. The maximum absolute atomic E-state index is 12.8. The number of nitrogens with zero attached hydrogens (tertiary/aromatic N) is 1. The Balaban J connectivity index is 0.00000161. The van der Waals surface area contributed by atoms with Crippen LogP contribution in [0.3, 0.4) is 0 Å². The largest absolute Gasteiger partial charge is 0.338 e. The smallest absolute Gasteiger partial charge is 0.227 e. The molecule has 3 rings (SSSR count). The summed E-state index contributed by atoms with van der Waals surface area (Å²) in [5, 5.41) is 0. The van der Waals surface area contributed by atoms with E-state index in [1.807, 2.05) is 24.0 Å². The van der Waals surface area contributed by atoms with Gasteiger partial charge in [-0.15, -0.1) is 23.7 Å². The molecule has 0 aromatic carbocycles. The number of amides is 1. The molecule has 1 heterocycles. The Bertz CT molecular complexity index is 506. The van der Waals surface area contributed by atoms with Crippen LogP contribution < -0.4 is 5.73 Å². The molecule has 4 atom stereocenters. The molecule has 3 nitrogen and oxygen atoms in total. The topological polar surface area (TPSA) is 46.3 Å². The van der Waals surface area contributed by atoms with Gasteiger partial charge in [0.1, 0.15) is 0 Å². The highest BCUT2D eigenvalue weighted by atomic mass is 35.5. The van der Waals surface area contributed by atoms with Gasteiger partial charge in [-0.25, -0.2) is 0 Å². The van der Waals surface area contributed by atoms with Crippen LogP contribution in [0.1, 0.15) is 31.1 Å². The highest BCUT2D eigenvalue weighted by molar-refractivity contribution is 7.16. The summed E-state index contributed by atoms with van der Waals surface area (Å²) >= 11 is 7.51. The molecule has 2 fully saturated rings. The number of thiophene rings is 1. The lowest BCUT2D eigenvalue weighted by Crippen LogP contribution is -2.46. The van der Waals surface area contributed by atoms with Gasteiger partial charge in [0.2, 0.25) is 5.91 Å². The zero-order valence-electron chi connectivity index (χ0n) is 12.1. The number of fused-ring (bicyclic) bond motifs is 2.